The number of benzene rings is 3. The van der Waals surface area contributed by atoms with Crippen LogP contribution in [0.4, 0.5) is 0 Å². The maximum atomic E-state index is 13.3. The van der Waals surface area contributed by atoms with Crippen LogP contribution in [0.25, 0.3) is 0 Å². The van der Waals surface area contributed by atoms with Gasteiger partial charge in [0.1, 0.15) is 5.76 Å². The molecular weight excluding hydrogens is 662 g/mol. The predicted molar refractivity (Wildman–Crippen MR) is 176 cm³/mol. The number of aliphatic carboxylic acids is 1. The van der Waals surface area contributed by atoms with Gasteiger partial charge in [-0.05, 0) is 44.1 Å². The molecule has 3 aromatic rings. The molecule has 1 saturated heterocycles. The summed E-state index contributed by atoms with van der Waals surface area (Å²) in [5, 5.41) is 32.9. The van der Waals surface area contributed by atoms with Crippen molar-refractivity contribution >= 4 is 23.9 Å². The fourth-order valence-electron chi connectivity index (χ4n) is 8.14. The summed E-state index contributed by atoms with van der Waals surface area (Å²) >= 11 is 0. The first-order valence-electron chi connectivity index (χ1n) is 16.6. The average molecular weight is 700 g/mol. The Balaban J connectivity index is 1.08. The van der Waals surface area contributed by atoms with Crippen molar-refractivity contribution in [3.63, 3.8) is 0 Å². The van der Waals surface area contributed by atoms with Gasteiger partial charge in [-0.25, -0.2) is 14.4 Å². The highest BCUT2D eigenvalue weighted by atomic mass is 16.6. The number of carboxylic acid groups (broad SMARTS) is 1. The van der Waals surface area contributed by atoms with Gasteiger partial charge < -0.3 is 43.9 Å². The van der Waals surface area contributed by atoms with Crippen LogP contribution in [0.1, 0.15) is 53.7 Å². The Morgan fingerprint density at radius 1 is 0.941 bits per heavy atom. The molecule has 7 rings (SSSR count). The fourth-order valence-corrected chi connectivity index (χ4v) is 8.14. The summed E-state index contributed by atoms with van der Waals surface area (Å²) in [5.74, 6) is -3.83. The van der Waals surface area contributed by atoms with Crippen LogP contribution < -0.4 is 9.47 Å². The molecule has 0 saturated carbocycles. The Hall–Kier alpha value is -5.24. The van der Waals surface area contributed by atoms with Gasteiger partial charge in [0.25, 0.3) is 0 Å². The van der Waals surface area contributed by atoms with Crippen LogP contribution in [0, 0.1) is 0 Å². The molecule has 2 heterocycles. The number of methoxy groups -OCH3 is 1. The molecule has 0 aromatic heterocycles. The minimum atomic E-state index is -2.06. The van der Waals surface area contributed by atoms with Gasteiger partial charge in [0.05, 0.1) is 24.5 Å². The Bertz CT molecular complexity index is 1900. The molecule has 2 bridgehead atoms. The van der Waals surface area contributed by atoms with Gasteiger partial charge in [-0.1, -0.05) is 66.7 Å². The average Bonchev–Trinajstić information content (AvgIpc) is 3.48. The van der Waals surface area contributed by atoms with E-state index in [4.69, 9.17) is 23.7 Å². The third-order valence-electron chi connectivity index (χ3n) is 10.5. The highest BCUT2D eigenvalue weighted by Crippen LogP contribution is 2.65. The number of aliphatic hydroxyl groups excluding tert-OH is 1. The lowest BCUT2D eigenvalue weighted by molar-refractivity contribution is -0.182. The lowest BCUT2D eigenvalue weighted by atomic mass is 9.50. The van der Waals surface area contributed by atoms with Crippen LogP contribution in [0.5, 0.6) is 11.5 Å². The van der Waals surface area contributed by atoms with Crippen molar-refractivity contribution in [3.05, 3.63) is 107 Å². The zero-order valence-electron chi connectivity index (χ0n) is 27.9. The molecule has 0 radical (unpaired) electrons. The van der Waals surface area contributed by atoms with E-state index in [9.17, 15) is 34.5 Å². The van der Waals surface area contributed by atoms with E-state index in [-0.39, 0.29) is 29.3 Å². The number of piperidine rings is 1. The number of likely N-dealkylation sites (N-methyl/N-ethyl adjacent to an activating group) is 1. The van der Waals surface area contributed by atoms with E-state index in [0.717, 1.165) is 11.1 Å². The summed E-state index contributed by atoms with van der Waals surface area (Å²) in [7, 11) is 3.51. The second-order valence-corrected chi connectivity index (χ2v) is 13.3. The van der Waals surface area contributed by atoms with Gasteiger partial charge in [0, 0.05) is 29.2 Å². The van der Waals surface area contributed by atoms with Crippen LogP contribution in [-0.4, -0.2) is 88.6 Å². The summed E-state index contributed by atoms with van der Waals surface area (Å²) in [6.45, 7) is 0.665. The van der Waals surface area contributed by atoms with Gasteiger partial charge in [0.2, 0.25) is 12.2 Å². The van der Waals surface area contributed by atoms with Crippen molar-refractivity contribution in [1.82, 2.24) is 4.90 Å². The number of esters is 3. The number of hydrogen-bond donors (Lipinski definition) is 3. The predicted octanol–water partition coefficient (Wildman–Crippen LogP) is 2.92. The largest absolute Gasteiger partial charge is 0.493 e. The minimum absolute atomic E-state index is 0.144. The molecule has 0 unspecified atom stereocenters. The quantitative estimate of drug-likeness (QED) is 0.197. The molecule has 1 fully saturated rings. The fraction of sp³-hybridized carbons (Fsp3) is 0.368. The summed E-state index contributed by atoms with van der Waals surface area (Å²) in [5.41, 5.74) is 0.0436. The highest BCUT2D eigenvalue weighted by molar-refractivity contribution is 5.87. The number of carbonyl (C=O) groups is 4. The molecule has 3 N–H and O–H groups in total. The van der Waals surface area contributed by atoms with E-state index in [2.05, 4.69) is 4.90 Å². The number of ether oxygens (including phenoxy) is 5. The molecule has 0 amide bonds. The van der Waals surface area contributed by atoms with Crippen molar-refractivity contribution in [2.75, 3.05) is 20.7 Å². The summed E-state index contributed by atoms with van der Waals surface area (Å²) in [4.78, 5) is 53.9. The van der Waals surface area contributed by atoms with Crippen LogP contribution in [-0.2, 0) is 45.2 Å². The van der Waals surface area contributed by atoms with Gasteiger partial charge in [-0.2, -0.15) is 0 Å². The number of carboxylic acids is 1. The van der Waals surface area contributed by atoms with E-state index in [1.165, 1.54) is 31.4 Å². The molecule has 2 aliphatic heterocycles. The number of rotatable bonds is 11. The molecule has 1 spiro atoms. The summed E-state index contributed by atoms with van der Waals surface area (Å²) in [6.07, 6.45) is -4.33. The monoisotopic (exact) mass is 699 g/mol. The molecule has 13 heteroatoms. The highest BCUT2D eigenvalue weighted by Gasteiger charge is 2.72. The second kappa shape index (κ2) is 13.1. The zero-order chi connectivity index (χ0) is 36.1. The Morgan fingerprint density at radius 2 is 1.59 bits per heavy atom. The molecule has 13 nitrogen and oxygen atoms in total. The first-order valence-corrected chi connectivity index (χ1v) is 16.6. The van der Waals surface area contributed by atoms with Crippen LogP contribution in [0.3, 0.4) is 0 Å². The first kappa shape index (κ1) is 34.2. The number of likely N-dealkylation sites (tertiary alicyclic amines) is 1. The molecule has 266 valence electrons. The molecule has 7 atom stereocenters. The van der Waals surface area contributed by atoms with Gasteiger partial charge in [-0.15, -0.1) is 0 Å². The number of aliphatic hydroxyl groups is 2. The third kappa shape index (κ3) is 5.61. The van der Waals surface area contributed by atoms with E-state index in [0.29, 0.717) is 30.9 Å². The lowest BCUT2D eigenvalue weighted by Crippen LogP contribution is -2.74. The maximum Gasteiger partial charge on any atom is 0.353 e. The van der Waals surface area contributed by atoms with Gasteiger partial charge in [-0.3, -0.25) is 4.79 Å². The van der Waals surface area contributed by atoms with Crippen LogP contribution in [0.15, 0.2) is 84.6 Å². The normalized spacial score (nSPS) is 25.9. The summed E-state index contributed by atoms with van der Waals surface area (Å²) < 4.78 is 28.5. The number of hydrogen-bond acceptors (Lipinski definition) is 12. The van der Waals surface area contributed by atoms with Gasteiger partial charge in [0.15, 0.2) is 23.7 Å². The Kier molecular flexibility index (Phi) is 8.82. The van der Waals surface area contributed by atoms with E-state index in [1.807, 2.05) is 19.2 Å². The van der Waals surface area contributed by atoms with Crippen LogP contribution >= 0.6 is 0 Å². The summed E-state index contributed by atoms with van der Waals surface area (Å²) in [6, 6.07) is 19.1. The number of nitrogens with zero attached hydrogens (tertiary/aromatic N) is 1. The lowest BCUT2D eigenvalue weighted by Gasteiger charge is -2.61. The van der Waals surface area contributed by atoms with E-state index >= 15 is 0 Å². The molecule has 4 aliphatic rings. The van der Waals surface area contributed by atoms with E-state index < -0.39 is 65.7 Å². The van der Waals surface area contributed by atoms with Crippen molar-refractivity contribution < 1.29 is 58.2 Å². The van der Waals surface area contributed by atoms with Crippen LogP contribution in [0.2, 0.25) is 0 Å². The standard InChI is InChI=1S/C38H37NO12/c1-39-18-17-37-29-23-13-14-25(47-2)32(29)49-33(37)26(15-16-38(37,46)27(39)19-23)48-28(41)20-24(40)35(44)51-31(22-11-7-4-8-12-22)36(45)50-30(34(42)43)21-9-5-3-6-10-21/h3-15,24,27,30-31,33,40,46H,16-20H2,1-2H3,(H,42,43)/t24-,27-,30-,31-,33+,37+,38-/m0/s1. The molecule has 51 heavy (non-hydrogen) atoms. The topological polar surface area (TPSA) is 178 Å². The Morgan fingerprint density at radius 3 is 2.24 bits per heavy atom. The third-order valence-corrected chi connectivity index (χ3v) is 10.5. The zero-order valence-corrected chi connectivity index (χ0v) is 27.9. The van der Waals surface area contributed by atoms with E-state index in [1.54, 1.807) is 42.5 Å². The van der Waals surface area contributed by atoms with Crippen molar-refractivity contribution in [2.45, 2.75) is 67.2 Å². The Labute approximate surface area is 292 Å². The number of carbonyl (C=O) groups excluding carboxylic acids is 3. The van der Waals surface area contributed by atoms with Gasteiger partial charge >= 0.3 is 23.9 Å². The molecule has 3 aromatic carbocycles. The minimum Gasteiger partial charge on any atom is -0.493 e. The molecule has 2 aliphatic carbocycles. The second-order valence-electron chi connectivity index (χ2n) is 13.3. The van der Waals surface area contributed by atoms with Crippen molar-refractivity contribution in [3.8, 4) is 11.5 Å². The smallest absolute Gasteiger partial charge is 0.353 e. The maximum absolute atomic E-state index is 13.3. The SMILES string of the molecule is COc1ccc2c3c1O[C@@H]1C(OC(=O)C[C@H](O)C(=O)O[C@H](C(=O)O[C@H](C(=O)O)c4ccccc4)c4ccccc4)=CC[C@]4(O)[C@H](C2)N(C)CC[C@@]314. The van der Waals surface area contributed by atoms with Crippen molar-refractivity contribution in [1.29, 1.82) is 0 Å². The molecular formula is C38H37NO12. The van der Waals surface area contributed by atoms with Crippen molar-refractivity contribution in [2.24, 2.45) is 0 Å². The first-order chi connectivity index (χ1) is 24.5.